The number of aromatic nitrogens is 2. The lowest BCUT2D eigenvalue weighted by atomic mass is 9.97. The van der Waals surface area contributed by atoms with E-state index in [4.69, 9.17) is 9.97 Å². The third-order valence-corrected chi connectivity index (χ3v) is 4.90. The molecule has 0 N–H and O–H groups in total. The molecule has 3 heteroatoms. The van der Waals surface area contributed by atoms with E-state index in [1.54, 1.807) is 0 Å². The summed E-state index contributed by atoms with van der Waals surface area (Å²) in [6.07, 6.45) is 0. The van der Waals surface area contributed by atoms with E-state index in [9.17, 15) is 5.26 Å². The second-order valence-corrected chi connectivity index (χ2v) is 6.65. The molecule has 0 aliphatic carbocycles. The molecule has 5 aromatic rings. The molecular weight excluding hydrogens is 342 g/mol. The quantitative estimate of drug-likeness (QED) is 0.390. The fourth-order valence-electron chi connectivity index (χ4n) is 3.48. The van der Waals surface area contributed by atoms with Crippen LogP contribution in [0.3, 0.4) is 0 Å². The first-order chi connectivity index (χ1) is 13.8. The smallest absolute Gasteiger partial charge is 0.0991 e. The molecule has 0 radical (unpaired) electrons. The second-order valence-electron chi connectivity index (χ2n) is 6.65. The molecule has 130 valence electrons. The molecule has 2 aromatic heterocycles. The number of benzene rings is 3. The molecule has 0 spiro atoms. The average molecular weight is 357 g/mol. The van der Waals surface area contributed by atoms with E-state index in [0.29, 0.717) is 5.56 Å². The van der Waals surface area contributed by atoms with E-state index < -0.39 is 0 Å². The SMILES string of the molecule is N#Cc1ccc(-c2ccc3ccccc3n2)c(-c2ccc3ccccc3n2)c1. The number of rotatable bonds is 2. The molecule has 2 heterocycles. The molecule has 3 aromatic carbocycles. The fraction of sp³-hybridized carbons (Fsp3) is 0. The number of nitrogens with zero attached hydrogens (tertiary/aromatic N) is 3. The highest BCUT2D eigenvalue weighted by Crippen LogP contribution is 2.33. The van der Waals surface area contributed by atoms with Crippen molar-refractivity contribution in [3.8, 4) is 28.6 Å². The minimum atomic E-state index is 0.606. The number of para-hydroxylation sites is 2. The first kappa shape index (κ1) is 16.2. The van der Waals surface area contributed by atoms with Gasteiger partial charge in [0, 0.05) is 21.9 Å². The Morgan fingerprint density at radius 1 is 0.571 bits per heavy atom. The van der Waals surface area contributed by atoms with Gasteiger partial charge in [-0.1, -0.05) is 54.6 Å². The highest BCUT2D eigenvalue weighted by atomic mass is 14.7. The lowest BCUT2D eigenvalue weighted by Gasteiger charge is -2.11. The normalized spacial score (nSPS) is 10.8. The summed E-state index contributed by atoms with van der Waals surface area (Å²) in [5.41, 5.74) is 6.06. The summed E-state index contributed by atoms with van der Waals surface area (Å²) in [6, 6.07) is 32.2. The van der Waals surface area contributed by atoms with Crippen molar-refractivity contribution in [3.05, 3.63) is 96.6 Å². The van der Waals surface area contributed by atoms with E-state index in [-0.39, 0.29) is 0 Å². The maximum absolute atomic E-state index is 9.40. The Kier molecular flexibility index (Phi) is 3.81. The molecule has 0 saturated heterocycles. The zero-order chi connectivity index (χ0) is 18.9. The molecule has 0 fully saturated rings. The first-order valence-corrected chi connectivity index (χ1v) is 9.08. The van der Waals surface area contributed by atoms with Gasteiger partial charge < -0.3 is 0 Å². The first-order valence-electron chi connectivity index (χ1n) is 9.08. The predicted molar refractivity (Wildman–Crippen MR) is 113 cm³/mol. The summed E-state index contributed by atoms with van der Waals surface area (Å²) in [4.78, 5) is 9.67. The molecule has 0 aliphatic heterocycles. The van der Waals surface area contributed by atoms with Gasteiger partial charge in [-0.05, 0) is 36.4 Å². The number of pyridine rings is 2. The minimum Gasteiger partial charge on any atom is -0.248 e. The summed E-state index contributed by atoms with van der Waals surface area (Å²) in [6.45, 7) is 0. The van der Waals surface area contributed by atoms with Gasteiger partial charge in [0.15, 0.2) is 0 Å². The third kappa shape index (κ3) is 2.78. The number of hydrogen-bond acceptors (Lipinski definition) is 3. The van der Waals surface area contributed by atoms with Gasteiger partial charge in [-0.2, -0.15) is 5.26 Å². The highest BCUT2D eigenvalue weighted by Gasteiger charge is 2.12. The second kappa shape index (κ2) is 6.61. The predicted octanol–water partition coefficient (Wildman–Crippen LogP) is 5.99. The van der Waals surface area contributed by atoms with Crippen molar-refractivity contribution in [1.29, 1.82) is 5.26 Å². The summed E-state index contributed by atoms with van der Waals surface area (Å²) >= 11 is 0. The molecule has 0 bridgehead atoms. The van der Waals surface area contributed by atoms with Crippen LogP contribution in [0.15, 0.2) is 91.0 Å². The Bertz CT molecular complexity index is 1380. The van der Waals surface area contributed by atoms with E-state index in [2.05, 4.69) is 24.3 Å². The van der Waals surface area contributed by atoms with Crippen molar-refractivity contribution >= 4 is 21.8 Å². The van der Waals surface area contributed by atoms with Crippen LogP contribution in [-0.4, -0.2) is 9.97 Å². The van der Waals surface area contributed by atoms with Gasteiger partial charge in [0.05, 0.1) is 34.1 Å². The minimum absolute atomic E-state index is 0.606. The Morgan fingerprint density at radius 3 is 1.75 bits per heavy atom. The third-order valence-electron chi connectivity index (χ3n) is 4.90. The molecular formula is C25H15N3. The van der Waals surface area contributed by atoms with Gasteiger partial charge in [0.1, 0.15) is 0 Å². The molecule has 0 saturated carbocycles. The van der Waals surface area contributed by atoms with Crippen molar-refractivity contribution in [1.82, 2.24) is 9.97 Å². The van der Waals surface area contributed by atoms with Crippen molar-refractivity contribution < 1.29 is 0 Å². The van der Waals surface area contributed by atoms with Gasteiger partial charge in [-0.15, -0.1) is 0 Å². The Hall–Kier alpha value is -4.03. The maximum atomic E-state index is 9.40. The number of fused-ring (bicyclic) bond motifs is 2. The van der Waals surface area contributed by atoms with Gasteiger partial charge in [-0.25, -0.2) is 9.97 Å². The van der Waals surface area contributed by atoms with Crippen LogP contribution in [0.25, 0.3) is 44.3 Å². The highest BCUT2D eigenvalue weighted by molar-refractivity contribution is 5.88. The van der Waals surface area contributed by atoms with Gasteiger partial charge in [0.2, 0.25) is 0 Å². The van der Waals surface area contributed by atoms with E-state index >= 15 is 0 Å². The lowest BCUT2D eigenvalue weighted by Crippen LogP contribution is -1.93. The molecule has 0 atom stereocenters. The molecule has 0 amide bonds. The maximum Gasteiger partial charge on any atom is 0.0991 e. The van der Waals surface area contributed by atoms with Gasteiger partial charge >= 0.3 is 0 Å². The van der Waals surface area contributed by atoms with Crippen LogP contribution >= 0.6 is 0 Å². The van der Waals surface area contributed by atoms with Crippen LogP contribution in [0, 0.1) is 11.3 Å². The Labute approximate surface area is 162 Å². The molecule has 0 aliphatic rings. The van der Waals surface area contributed by atoms with Crippen molar-refractivity contribution in [3.63, 3.8) is 0 Å². The fourth-order valence-corrected chi connectivity index (χ4v) is 3.48. The summed E-state index contributed by atoms with van der Waals surface area (Å²) < 4.78 is 0. The van der Waals surface area contributed by atoms with Crippen molar-refractivity contribution in [2.75, 3.05) is 0 Å². The van der Waals surface area contributed by atoms with Gasteiger partial charge in [-0.3, -0.25) is 0 Å². The molecule has 3 nitrogen and oxygen atoms in total. The lowest BCUT2D eigenvalue weighted by molar-refractivity contribution is 1.36. The summed E-state index contributed by atoms with van der Waals surface area (Å²) in [5, 5.41) is 11.6. The van der Waals surface area contributed by atoms with Crippen LogP contribution in [-0.2, 0) is 0 Å². The Morgan fingerprint density at radius 2 is 1.14 bits per heavy atom. The Balaban J connectivity index is 1.74. The molecule has 28 heavy (non-hydrogen) atoms. The van der Waals surface area contributed by atoms with Crippen LogP contribution in [0.2, 0.25) is 0 Å². The van der Waals surface area contributed by atoms with Crippen molar-refractivity contribution in [2.24, 2.45) is 0 Å². The standard InChI is InChI=1S/C25H15N3/c26-16-17-9-12-20(24-13-10-18-5-1-3-7-22(18)27-24)21(15-17)25-14-11-19-6-2-4-8-23(19)28-25/h1-15H. The number of hydrogen-bond donors (Lipinski definition) is 0. The largest absolute Gasteiger partial charge is 0.248 e. The van der Waals surface area contributed by atoms with Crippen LogP contribution < -0.4 is 0 Å². The topological polar surface area (TPSA) is 49.6 Å². The summed E-state index contributed by atoms with van der Waals surface area (Å²) in [5.74, 6) is 0. The van der Waals surface area contributed by atoms with E-state index in [1.807, 2.05) is 72.8 Å². The van der Waals surface area contributed by atoms with Crippen LogP contribution in [0.5, 0.6) is 0 Å². The van der Waals surface area contributed by atoms with Crippen molar-refractivity contribution in [2.45, 2.75) is 0 Å². The van der Waals surface area contributed by atoms with E-state index in [1.165, 1.54) is 0 Å². The number of nitriles is 1. The molecule has 5 rings (SSSR count). The van der Waals surface area contributed by atoms with Crippen LogP contribution in [0.4, 0.5) is 0 Å². The monoisotopic (exact) mass is 357 g/mol. The van der Waals surface area contributed by atoms with Crippen LogP contribution in [0.1, 0.15) is 5.56 Å². The zero-order valence-corrected chi connectivity index (χ0v) is 15.0. The zero-order valence-electron chi connectivity index (χ0n) is 15.0. The van der Waals surface area contributed by atoms with E-state index in [0.717, 1.165) is 44.3 Å². The molecule has 0 unspecified atom stereocenters. The summed E-state index contributed by atoms with van der Waals surface area (Å²) in [7, 11) is 0. The van der Waals surface area contributed by atoms with Gasteiger partial charge in [0.25, 0.3) is 0 Å². The average Bonchev–Trinajstić information content (AvgIpc) is 2.78.